The standard InChI is InChI=1S/C37H46N4O6/c1-24(17-26-5-11-30(46-3)12-6-26)38-21-34(28-9-15-35(43)32(19-28)40-23-42)41-33-20-29(10-16-36(33)44)37(45)22-39-25(2)18-27-7-13-31(47-4)14-8-27/h5-16,19-20,23-25,34,37-39,41,43-45H,17-18,21-22H2,1-4H3,(H,40,42)/t24-,25+,34+,37-/m1/s1. The lowest BCUT2D eigenvalue weighted by atomic mass is 10.0. The third-order valence-corrected chi connectivity index (χ3v) is 8.10. The van der Waals surface area contributed by atoms with Crippen molar-refractivity contribution in [2.45, 2.75) is 50.9 Å². The zero-order chi connectivity index (χ0) is 33.8. The van der Waals surface area contributed by atoms with Crippen LogP contribution >= 0.6 is 0 Å². The molecule has 7 N–H and O–H groups in total. The van der Waals surface area contributed by atoms with Gasteiger partial charge in [0.2, 0.25) is 6.41 Å². The summed E-state index contributed by atoms with van der Waals surface area (Å²) in [6, 6.07) is 25.7. The van der Waals surface area contributed by atoms with Crippen molar-refractivity contribution < 1.29 is 29.6 Å². The van der Waals surface area contributed by atoms with Crippen LogP contribution in [0.5, 0.6) is 23.0 Å². The van der Waals surface area contributed by atoms with Gasteiger partial charge in [0, 0.05) is 25.2 Å². The third-order valence-electron chi connectivity index (χ3n) is 8.10. The van der Waals surface area contributed by atoms with E-state index in [0.717, 1.165) is 41.0 Å². The maximum Gasteiger partial charge on any atom is 0.211 e. The van der Waals surface area contributed by atoms with E-state index in [1.54, 1.807) is 44.6 Å². The monoisotopic (exact) mass is 642 g/mol. The van der Waals surface area contributed by atoms with Crippen LogP contribution in [0.2, 0.25) is 0 Å². The van der Waals surface area contributed by atoms with Gasteiger partial charge in [0.05, 0.1) is 37.7 Å². The number of phenols is 2. The second-order valence-corrected chi connectivity index (χ2v) is 11.8. The van der Waals surface area contributed by atoms with Gasteiger partial charge in [-0.15, -0.1) is 0 Å². The topological polar surface area (TPSA) is 144 Å². The Bertz CT molecular complexity index is 1560. The number of aliphatic hydroxyl groups excluding tert-OH is 1. The lowest BCUT2D eigenvalue weighted by Gasteiger charge is -2.25. The first-order valence-corrected chi connectivity index (χ1v) is 15.7. The Kier molecular flexibility index (Phi) is 12.9. The van der Waals surface area contributed by atoms with Crippen molar-refractivity contribution in [1.29, 1.82) is 0 Å². The Morgan fingerprint density at radius 1 is 0.681 bits per heavy atom. The van der Waals surface area contributed by atoms with Crippen molar-refractivity contribution >= 4 is 17.8 Å². The molecule has 0 unspecified atom stereocenters. The number of benzene rings is 4. The Balaban J connectivity index is 1.46. The molecule has 4 aromatic rings. The summed E-state index contributed by atoms with van der Waals surface area (Å²) in [5.41, 5.74) is 4.46. The number of ether oxygens (including phenoxy) is 2. The number of hydrogen-bond donors (Lipinski definition) is 7. The predicted molar refractivity (Wildman–Crippen MR) is 186 cm³/mol. The minimum absolute atomic E-state index is 0.0306. The average Bonchev–Trinajstić information content (AvgIpc) is 3.08. The first-order valence-electron chi connectivity index (χ1n) is 15.7. The lowest BCUT2D eigenvalue weighted by molar-refractivity contribution is -0.105. The summed E-state index contributed by atoms with van der Waals surface area (Å²) in [4.78, 5) is 11.2. The zero-order valence-electron chi connectivity index (χ0n) is 27.4. The fourth-order valence-corrected chi connectivity index (χ4v) is 5.39. The number of phenolic OH excluding ortho intramolecular Hbond substituents is 2. The van der Waals surface area contributed by atoms with Gasteiger partial charge in [0.25, 0.3) is 0 Å². The summed E-state index contributed by atoms with van der Waals surface area (Å²) in [5, 5.41) is 45.1. The number of carbonyl (C=O) groups excluding carboxylic acids is 1. The summed E-state index contributed by atoms with van der Waals surface area (Å²) in [5.74, 6) is 1.59. The van der Waals surface area contributed by atoms with E-state index in [-0.39, 0.29) is 35.3 Å². The molecule has 10 heteroatoms. The molecule has 4 aromatic carbocycles. The molecule has 0 aliphatic heterocycles. The number of methoxy groups -OCH3 is 2. The summed E-state index contributed by atoms with van der Waals surface area (Å²) in [7, 11) is 3.28. The van der Waals surface area contributed by atoms with Gasteiger partial charge in [-0.3, -0.25) is 4.79 Å². The molecule has 0 fully saturated rings. The van der Waals surface area contributed by atoms with Crippen LogP contribution < -0.4 is 30.7 Å². The van der Waals surface area contributed by atoms with Gasteiger partial charge in [-0.25, -0.2) is 0 Å². The number of aliphatic hydroxyl groups is 1. The molecule has 0 saturated carbocycles. The van der Waals surface area contributed by atoms with E-state index < -0.39 is 6.10 Å². The molecule has 0 spiro atoms. The minimum Gasteiger partial charge on any atom is -0.506 e. The molecular formula is C37H46N4O6. The van der Waals surface area contributed by atoms with Crippen molar-refractivity contribution in [3.8, 4) is 23.0 Å². The molecule has 0 radical (unpaired) electrons. The Labute approximate surface area is 276 Å². The van der Waals surface area contributed by atoms with E-state index in [1.165, 1.54) is 6.07 Å². The summed E-state index contributed by atoms with van der Waals surface area (Å²) in [6.07, 6.45) is 1.27. The van der Waals surface area contributed by atoms with Gasteiger partial charge in [-0.05, 0) is 97.5 Å². The molecule has 10 nitrogen and oxygen atoms in total. The largest absolute Gasteiger partial charge is 0.506 e. The highest BCUT2D eigenvalue weighted by Gasteiger charge is 2.19. The summed E-state index contributed by atoms with van der Waals surface area (Å²) >= 11 is 0. The average molecular weight is 643 g/mol. The highest BCUT2D eigenvalue weighted by molar-refractivity contribution is 5.75. The first-order chi connectivity index (χ1) is 22.7. The molecule has 47 heavy (non-hydrogen) atoms. The van der Waals surface area contributed by atoms with E-state index >= 15 is 0 Å². The molecular weight excluding hydrogens is 596 g/mol. The number of nitrogens with one attached hydrogen (secondary N) is 4. The molecule has 4 rings (SSSR count). The van der Waals surface area contributed by atoms with Crippen molar-refractivity contribution in [3.05, 3.63) is 107 Å². The Morgan fingerprint density at radius 3 is 1.70 bits per heavy atom. The Morgan fingerprint density at radius 2 is 1.17 bits per heavy atom. The highest BCUT2D eigenvalue weighted by atomic mass is 16.5. The normalized spacial score (nSPS) is 13.6. The van der Waals surface area contributed by atoms with Crippen LogP contribution in [0.1, 0.15) is 48.2 Å². The van der Waals surface area contributed by atoms with Crippen molar-refractivity contribution in [3.63, 3.8) is 0 Å². The number of carbonyl (C=O) groups is 1. The second kappa shape index (κ2) is 17.2. The van der Waals surface area contributed by atoms with E-state index in [4.69, 9.17) is 9.47 Å². The quantitative estimate of drug-likeness (QED) is 0.0567. The van der Waals surface area contributed by atoms with Crippen LogP contribution in [0.3, 0.4) is 0 Å². The van der Waals surface area contributed by atoms with Crippen molar-refractivity contribution in [2.75, 3.05) is 37.9 Å². The fraction of sp³-hybridized carbons (Fsp3) is 0.324. The first kappa shape index (κ1) is 35.1. The summed E-state index contributed by atoms with van der Waals surface area (Å²) in [6.45, 7) is 4.95. The van der Waals surface area contributed by atoms with Crippen LogP contribution in [-0.2, 0) is 17.6 Å². The van der Waals surface area contributed by atoms with Crippen LogP contribution in [0.15, 0.2) is 84.9 Å². The number of anilines is 2. The summed E-state index contributed by atoms with van der Waals surface area (Å²) < 4.78 is 10.5. The second-order valence-electron chi connectivity index (χ2n) is 11.8. The van der Waals surface area contributed by atoms with Crippen LogP contribution in [0, 0.1) is 0 Å². The molecule has 0 heterocycles. The molecule has 0 bridgehead atoms. The van der Waals surface area contributed by atoms with E-state index in [2.05, 4.69) is 35.1 Å². The van der Waals surface area contributed by atoms with E-state index in [0.29, 0.717) is 30.8 Å². The molecule has 0 aromatic heterocycles. The maximum atomic E-state index is 11.2. The SMILES string of the molecule is COc1ccc(C[C@@H](C)NC[C@H](Nc2cc([C@H](O)CN[C@@H](C)Cc3ccc(OC)cc3)ccc2O)c2ccc(O)c(NC=O)c2)cc1. The number of rotatable bonds is 18. The third kappa shape index (κ3) is 10.4. The van der Waals surface area contributed by atoms with Crippen molar-refractivity contribution in [1.82, 2.24) is 10.6 Å². The maximum absolute atomic E-state index is 11.2. The molecule has 4 atom stereocenters. The van der Waals surface area contributed by atoms with Gasteiger partial charge in [0.1, 0.15) is 23.0 Å². The molecule has 0 aliphatic carbocycles. The number of aromatic hydroxyl groups is 2. The van der Waals surface area contributed by atoms with Crippen LogP contribution in [0.25, 0.3) is 0 Å². The van der Waals surface area contributed by atoms with Crippen LogP contribution in [0.4, 0.5) is 11.4 Å². The zero-order valence-corrected chi connectivity index (χ0v) is 27.4. The van der Waals surface area contributed by atoms with E-state index in [1.807, 2.05) is 48.5 Å². The molecule has 0 aliphatic rings. The molecule has 1 amide bonds. The molecule has 250 valence electrons. The smallest absolute Gasteiger partial charge is 0.211 e. The minimum atomic E-state index is -0.812. The van der Waals surface area contributed by atoms with Crippen LogP contribution in [-0.4, -0.2) is 61.1 Å². The number of hydrogen-bond acceptors (Lipinski definition) is 9. The van der Waals surface area contributed by atoms with Gasteiger partial charge in [0.15, 0.2) is 0 Å². The van der Waals surface area contributed by atoms with Gasteiger partial charge >= 0.3 is 0 Å². The highest BCUT2D eigenvalue weighted by Crippen LogP contribution is 2.33. The van der Waals surface area contributed by atoms with Gasteiger partial charge in [-0.1, -0.05) is 36.4 Å². The van der Waals surface area contributed by atoms with Crippen molar-refractivity contribution in [2.24, 2.45) is 0 Å². The molecule has 0 saturated heterocycles. The fourth-order valence-electron chi connectivity index (χ4n) is 5.39. The van der Waals surface area contributed by atoms with Gasteiger partial charge in [-0.2, -0.15) is 0 Å². The van der Waals surface area contributed by atoms with E-state index in [9.17, 15) is 20.1 Å². The van der Waals surface area contributed by atoms with Gasteiger partial charge < -0.3 is 46.1 Å². The lowest BCUT2D eigenvalue weighted by Crippen LogP contribution is -2.34. The predicted octanol–water partition coefficient (Wildman–Crippen LogP) is 5.31. The number of amides is 1. The Hall–Kier alpha value is -4.77.